The molecule has 0 radical (unpaired) electrons. The number of methoxy groups -OCH3 is 1. The molecule has 0 fully saturated rings. The summed E-state index contributed by atoms with van der Waals surface area (Å²) in [5, 5.41) is 14.2. The maximum absolute atomic E-state index is 12.6. The Hall–Kier alpha value is -3.17. The second kappa shape index (κ2) is 7.83. The Morgan fingerprint density at radius 1 is 1.32 bits per heavy atom. The first-order valence-corrected chi connectivity index (χ1v) is 8.52. The Bertz CT molecular complexity index is 1160. The lowest BCUT2D eigenvalue weighted by Crippen LogP contribution is -2.28. The topological polar surface area (TPSA) is 116 Å². The number of nitro benzene ring substituents is 1. The molecule has 0 unspecified atom stereocenters. The number of carbonyl (C=O) groups is 1. The van der Waals surface area contributed by atoms with Gasteiger partial charge in [0.2, 0.25) is 5.91 Å². The van der Waals surface area contributed by atoms with Gasteiger partial charge in [0.25, 0.3) is 11.2 Å². The Labute approximate surface area is 167 Å². The van der Waals surface area contributed by atoms with Crippen molar-refractivity contribution in [3.8, 4) is 5.75 Å². The number of nitrogens with zero attached hydrogens (tertiary/aromatic N) is 3. The molecule has 0 aliphatic rings. The van der Waals surface area contributed by atoms with Crippen LogP contribution in [0.5, 0.6) is 5.75 Å². The fourth-order valence-electron chi connectivity index (χ4n) is 2.55. The highest BCUT2D eigenvalue weighted by molar-refractivity contribution is 6.38. The quantitative estimate of drug-likeness (QED) is 0.498. The summed E-state index contributed by atoms with van der Waals surface area (Å²) in [6.07, 6.45) is 1.17. The van der Waals surface area contributed by atoms with Crippen molar-refractivity contribution in [1.82, 2.24) is 9.55 Å². The van der Waals surface area contributed by atoms with Gasteiger partial charge in [-0.3, -0.25) is 24.3 Å². The van der Waals surface area contributed by atoms with E-state index in [0.717, 1.165) is 4.57 Å². The van der Waals surface area contributed by atoms with E-state index in [1.165, 1.54) is 43.8 Å². The number of nitrogens with one attached hydrogen (secondary N) is 1. The minimum Gasteiger partial charge on any atom is -0.496 e. The number of nitro groups is 1. The van der Waals surface area contributed by atoms with E-state index in [4.69, 9.17) is 27.9 Å². The van der Waals surface area contributed by atoms with Crippen LogP contribution in [0.2, 0.25) is 10.0 Å². The molecule has 28 heavy (non-hydrogen) atoms. The molecule has 9 nitrogen and oxygen atoms in total. The molecule has 0 bridgehead atoms. The van der Waals surface area contributed by atoms with Crippen molar-refractivity contribution in [3.63, 3.8) is 0 Å². The monoisotopic (exact) mass is 422 g/mol. The number of carbonyl (C=O) groups excluding carboxylic acids is 1. The van der Waals surface area contributed by atoms with Gasteiger partial charge >= 0.3 is 0 Å². The van der Waals surface area contributed by atoms with Crippen molar-refractivity contribution in [2.24, 2.45) is 0 Å². The lowest BCUT2D eigenvalue weighted by molar-refractivity contribution is -0.384. The second-order valence-electron chi connectivity index (χ2n) is 5.65. The van der Waals surface area contributed by atoms with Crippen LogP contribution in [0.25, 0.3) is 10.9 Å². The Balaban J connectivity index is 1.89. The molecular weight excluding hydrogens is 411 g/mol. The van der Waals surface area contributed by atoms with E-state index in [0.29, 0.717) is 0 Å². The molecule has 1 N–H and O–H groups in total. The number of anilines is 1. The third kappa shape index (κ3) is 3.90. The lowest BCUT2D eigenvalue weighted by Gasteiger charge is -2.10. The Morgan fingerprint density at radius 3 is 2.75 bits per heavy atom. The molecule has 11 heteroatoms. The van der Waals surface area contributed by atoms with Crippen molar-refractivity contribution < 1.29 is 14.5 Å². The van der Waals surface area contributed by atoms with Gasteiger partial charge in [-0.2, -0.15) is 0 Å². The van der Waals surface area contributed by atoms with Crippen LogP contribution in [0.1, 0.15) is 0 Å². The van der Waals surface area contributed by atoms with Crippen LogP contribution < -0.4 is 15.6 Å². The number of fused-ring (bicyclic) bond motifs is 1. The van der Waals surface area contributed by atoms with Gasteiger partial charge in [0.05, 0.1) is 40.4 Å². The molecule has 1 aromatic heterocycles. The van der Waals surface area contributed by atoms with Crippen molar-refractivity contribution in [3.05, 3.63) is 67.2 Å². The first kappa shape index (κ1) is 19.6. The number of amides is 1. The summed E-state index contributed by atoms with van der Waals surface area (Å²) in [4.78, 5) is 39.5. The van der Waals surface area contributed by atoms with Crippen LogP contribution in [0.15, 0.2) is 41.5 Å². The highest BCUT2D eigenvalue weighted by atomic mass is 35.5. The van der Waals surface area contributed by atoms with Crippen molar-refractivity contribution in [1.29, 1.82) is 0 Å². The number of ether oxygens (including phenoxy) is 1. The number of halogens is 2. The van der Waals surface area contributed by atoms with Crippen LogP contribution >= 0.6 is 23.2 Å². The van der Waals surface area contributed by atoms with Crippen molar-refractivity contribution >= 4 is 51.4 Å². The number of rotatable bonds is 5. The predicted octanol–water partition coefficient (Wildman–Crippen LogP) is 3.26. The number of hydrogen-bond acceptors (Lipinski definition) is 6. The maximum Gasteiger partial charge on any atom is 0.296 e. The van der Waals surface area contributed by atoms with Crippen LogP contribution in [0.3, 0.4) is 0 Å². The number of hydrogen-bond donors (Lipinski definition) is 1. The molecule has 0 aliphatic carbocycles. The van der Waals surface area contributed by atoms with Gasteiger partial charge in [-0.15, -0.1) is 0 Å². The van der Waals surface area contributed by atoms with E-state index in [1.54, 1.807) is 0 Å². The highest BCUT2D eigenvalue weighted by Gasteiger charge is 2.18. The lowest BCUT2D eigenvalue weighted by atomic mass is 10.2. The molecule has 2 aromatic carbocycles. The number of aromatic nitrogens is 2. The third-order valence-electron chi connectivity index (χ3n) is 3.84. The van der Waals surface area contributed by atoms with Crippen LogP contribution in [0, 0.1) is 10.1 Å². The molecule has 3 rings (SSSR count). The largest absolute Gasteiger partial charge is 0.496 e. The molecule has 1 amide bonds. The van der Waals surface area contributed by atoms with Gasteiger partial charge in [-0.1, -0.05) is 23.2 Å². The van der Waals surface area contributed by atoms with E-state index in [-0.39, 0.29) is 38.1 Å². The fourth-order valence-corrected chi connectivity index (χ4v) is 3.09. The van der Waals surface area contributed by atoms with E-state index in [9.17, 15) is 19.7 Å². The first-order valence-electron chi connectivity index (χ1n) is 7.76. The average molecular weight is 423 g/mol. The second-order valence-corrected chi connectivity index (χ2v) is 6.49. The standard InChI is InChI=1S/C17H12Cl2N4O5/c1-28-10-2-3-13(14(6-10)23(26)27)21-15(24)7-22-8-20-16-11(17(22)25)4-9(18)5-12(16)19/h2-6,8H,7H2,1H3,(H,21,24). The van der Waals surface area contributed by atoms with E-state index in [2.05, 4.69) is 10.3 Å². The molecule has 0 saturated carbocycles. The minimum atomic E-state index is -0.648. The average Bonchev–Trinajstić information content (AvgIpc) is 2.64. The smallest absolute Gasteiger partial charge is 0.296 e. The van der Waals surface area contributed by atoms with Crippen LogP contribution in [-0.4, -0.2) is 27.5 Å². The normalized spacial score (nSPS) is 10.7. The molecule has 0 atom stereocenters. The van der Waals surface area contributed by atoms with E-state index >= 15 is 0 Å². The first-order chi connectivity index (χ1) is 13.3. The molecule has 0 spiro atoms. The molecule has 3 aromatic rings. The minimum absolute atomic E-state index is 0.0244. The molecule has 144 valence electrons. The summed E-state index contributed by atoms with van der Waals surface area (Å²) in [5.41, 5.74) is -0.619. The van der Waals surface area contributed by atoms with Gasteiger partial charge in [-0.05, 0) is 24.3 Å². The summed E-state index contributed by atoms with van der Waals surface area (Å²) in [7, 11) is 1.37. The summed E-state index contributed by atoms with van der Waals surface area (Å²) >= 11 is 11.9. The zero-order valence-corrected chi connectivity index (χ0v) is 15.8. The summed E-state index contributed by atoms with van der Waals surface area (Å²) in [6, 6.07) is 6.86. The van der Waals surface area contributed by atoms with Gasteiger partial charge < -0.3 is 10.1 Å². The van der Waals surface area contributed by atoms with Crippen LogP contribution in [-0.2, 0) is 11.3 Å². The highest BCUT2D eigenvalue weighted by Crippen LogP contribution is 2.29. The summed E-state index contributed by atoms with van der Waals surface area (Å²) < 4.78 is 6.00. The summed E-state index contributed by atoms with van der Waals surface area (Å²) in [6.45, 7) is -0.408. The SMILES string of the molecule is COc1ccc(NC(=O)Cn2cnc3c(Cl)cc(Cl)cc3c2=O)c([N+](=O)[O-])c1. The van der Waals surface area contributed by atoms with Crippen molar-refractivity contribution in [2.75, 3.05) is 12.4 Å². The Kier molecular flexibility index (Phi) is 5.48. The molecular formula is C17H12Cl2N4O5. The van der Waals surface area contributed by atoms with E-state index in [1.807, 2.05) is 0 Å². The summed E-state index contributed by atoms with van der Waals surface area (Å²) in [5.74, 6) is -0.377. The Morgan fingerprint density at radius 2 is 2.07 bits per heavy atom. The third-order valence-corrected chi connectivity index (χ3v) is 4.34. The zero-order valence-electron chi connectivity index (χ0n) is 14.3. The van der Waals surface area contributed by atoms with Gasteiger partial charge in [0, 0.05) is 5.02 Å². The van der Waals surface area contributed by atoms with Gasteiger partial charge in [-0.25, -0.2) is 4.98 Å². The predicted molar refractivity (Wildman–Crippen MR) is 104 cm³/mol. The molecule has 0 saturated heterocycles. The molecule has 1 heterocycles. The van der Waals surface area contributed by atoms with Crippen molar-refractivity contribution in [2.45, 2.75) is 6.54 Å². The number of benzene rings is 2. The van der Waals surface area contributed by atoms with Gasteiger partial charge in [0.15, 0.2) is 0 Å². The zero-order chi connectivity index (χ0) is 20.4. The maximum atomic E-state index is 12.6. The van der Waals surface area contributed by atoms with E-state index < -0.39 is 22.9 Å². The van der Waals surface area contributed by atoms with Gasteiger partial charge in [0.1, 0.15) is 18.0 Å². The van der Waals surface area contributed by atoms with Crippen LogP contribution in [0.4, 0.5) is 11.4 Å². The molecule has 0 aliphatic heterocycles. The fraction of sp³-hybridized carbons (Fsp3) is 0.118.